The van der Waals surface area contributed by atoms with Gasteiger partial charge in [0.1, 0.15) is 0 Å². The molecular formula is C14H26N2O3. The van der Waals surface area contributed by atoms with E-state index in [2.05, 4.69) is 31.4 Å². The second-order valence-corrected chi connectivity index (χ2v) is 6.69. The van der Waals surface area contributed by atoms with Crippen molar-refractivity contribution in [1.29, 1.82) is 0 Å². The van der Waals surface area contributed by atoms with Gasteiger partial charge >= 0.3 is 5.97 Å². The largest absolute Gasteiger partial charge is 0.481 e. The molecule has 5 nitrogen and oxygen atoms in total. The van der Waals surface area contributed by atoms with Crippen molar-refractivity contribution in [2.24, 2.45) is 11.3 Å². The van der Waals surface area contributed by atoms with Gasteiger partial charge in [-0.15, -0.1) is 0 Å². The second kappa shape index (κ2) is 6.89. The Balaban J connectivity index is 2.45. The first-order chi connectivity index (χ1) is 8.76. The molecule has 0 spiro atoms. The van der Waals surface area contributed by atoms with Crippen LogP contribution in [0.4, 0.5) is 0 Å². The first-order valence-corrected chi connectivity index (χ1v) is 6.98. The van der Waals surface area contributed by atoms with Crippen LogP contribution in [0, 0.1) is 11.3 Å². The molecule has 1 saturated heterocycles. The van der Waals surface area contributed by atoms with Crippen molar-refractivity contribution < 1.29 is 14.7 Å². The second-order valence-electron chi connectivity index (χ2n) is 6.69. The molecule has 3 N–H and O–H groups in total. The van der Waals surface area contributed by atoms with E-state index in [4.69, 9.17) is 5.11 Å². The maximum absolute atomic E-state index is 11.9. The van der Waals surface area contributed by atoms with Gasteiger partial charge in [-0.3, -0.25) is 9.59 Å². The molecule has 0 radical (unpaired) electrons. The van der Waals surface area contributed by atoms with Crippen molar-refractivity contribution in [2.45, 2.75) is 52.5 Å². The molecule has 1 aliphatic rings. The maximum Gasteiger partial charge on any atom is 0.305 e. The van der Waals surface area contributed by atoms with Gasteiger partial charge in [-0.1, -0.05) is 20.8 Å². The van der Waals surface area contributed by atoms with E-state index in [1.54, 1.807) is 0 Å². The number of hydrogen-bond acceptors (Lipinski definition) is 3. The highest BCUT2D eigenvalue weighted by Gasteiger charge is 2.24. The zero-order valence-corrected chi connectivity index (χ0v) is 12.2. The fourth-order valence-electron chi connectivity index (χ4n) is 2.56. The minimum Gasteiger partial charge on any atom is -0.481 e. The quantitative estimate of drug-likeness (QED) is 0.681. The van der Waals surface area contributed by atoms with E-state index in [-0.39, 0.29) is 23.8 Å². The van der Waals surface area contributed by atoms with Crippen molar-refractivity contribution in [1.82, 2.24) is 10.6 Å². The molecule has 1 amide bonds. The lowest BCUT2D eigenvalue weighted by molar-refractivity contribution is -0.137. The van der Waals surface area contributed by atoms with E-state index in [0.717, 1.165) is 19.5 Å². The predicted molar refractivity (Wildman–Crippen MR) is 73.8 cm³/mol. The van der Waals surface area contributed by atoms with Crippen LogP contribution in [0.3, 0.4) is 0 Å². The number of nitrogens with one attached hydrogen (secondary N) is 2. The molecule has 2 atom stereocenters. The zero-order valence-electron chi connectivity index (χ0n) is 12.2. The number of carboxylic acids is 1. The molecular weight excluding hydrogens is 244 g/mol. The van der Waals surface area contributed by atoms with Crippen LogP contribution in [0.1, 0.15) is 46.5 Å². The Hall–Kier alpha value is -1.10. The summed E-state index contributed by atoms with van der Waals surface area (Å²) in [5, 5.41) is 15.0. The molecule has 1 heterocycles. The molecule has 5 heteroatoms. The van der Waals surface area contributed by atoms with Crippen LogP contribution < -0.4 is 10.6 Å². The van der Waals surface area contributed by atoms with Crippen molar-refractivity contribution in [3.63, 3.8) is 0 Å². The molecule has 1 rings (SSSR count). The Labute approximate surface area is 115 Å². The third-order valence-corrected chi connectivity index (χ3v) is 3.28. The molecule has 0 aliphatic carbocycles. The van der Waals surface area contributed by atoms with Gasteiger partial charge in [0.2, 0.25) is 5.91 Å². The minimum atomic E-state index is -0.864. The van der Waals surface area contributed by atoms with Crippen LogP contribution in [0.2, 0.25) is 0 Å². The number of carboxylic acid groups (broad SMARTS) is 1. The summed E-state index contributed by atoms with van der Waals surface area (Å²) in [7, 11) is 0. The van der Waals surface area contributed by atoms with Crippen molar-refractivity contribution in [3.05, 3.63) is 0 Å². The highest BCUT2D eigenvalue weighted by atomic mass is 16.4. The summed E-state index contributed by atoms with van der Waals surface area (Å²) < 4.78 is 0. The van der Waals surface area contributed by atoms with E-state index in [9.17, 15) is 9.59 Å². The number of carbonyl (C=O) groups is 2. The number of hydrogen-bond donors (Lipinski definition) is 3. The molecule has 0 aromatic carbocycles. The molecule has 0 aromatic heterocycles. The molecule has 0 bridgehead atoms. The van der Waals surface area contributed by atoms with Crippen LogP contribution >= 0.6 is 0 Å². The summed E-state index contributed by atoms with van der Waals surface area (Å²) in [6.07, 6.45) is 2.18. The summed E-state index contributed by atoms with van der Waals surface area (Å²) in [6, 6.07) is -0.278. The lowest BCUT2D eigenvalue weighted by atomic mass is 9.87. The fourth-order valence-corrected chi connectivity index (χ4v) is 2.56. The Bertz CT molecular complexity index is 317. The maximum atomic E-state index is 11.9. The monoisotopic (exact) mass is 270 g/mol. The summed E-state index contributed by atoms with van der Waals surface area (Å²) in [4.78, 5) is 22.8. The number of rotatable bonds is 6. The first kappa shape index (κ1) is 16.0. The highest BCUT2D eigenvalue weighted by molar-refractivity contribution is 5.77. The van der Waals surface area contributed by atoms with Crippen molar-refractivity contribution in [2.75, 3.05) is 13.1 Å². The Morgan fingerprint density at radius 1 is 1.42 bits per heavy atom. The summed E-state index contributed by atoms with van der Waals surface area (Å²) in [5.41, 5.74) is 0.00229. The number of amides is 1. The highest BCUT2D eigenvalue weighted by Crippen LogP contribution is 2.22. The third kappa shape index (κ3) is 7.15. The molecule has 1 aliphatic heterocycles. The normalized spacial score (nSPS) is 21.1. The van der Waals surface area contributed by atoms with Crippen LogP contribution in [-0.4, -0.2) is 36.1 Å². The lowest BCUT2D eigenvalue weighted by Crippen LogP contribution is -2.39. The molecule has 0 aromatic rings. The minimum absolute atomic E-state index is 0.00229. The third-order valence-electron chi connectivity index (χ3n) is 3.28. The summed E-state index contributed by atoms with van der Waals surface area (Å²) in [6.45, 7) is 8.01. The van der Waals surface area contributed by atoms with E-state index >= 15 is 0 Å². The lowest BCUT2D eigenvalue weighted by Gasteiger charge is -2.26. The SMILES string of the molecule is CC(C)(C)CC(CC(=O)O)NC(=O)CC1CCNC1. The van der Waals surface area contributed by atoms with Crippen LogP contribution in [0.15, 0.2) is 0 Å². The first-order valence-electron chi connectivity index (χ1n) is 6.98. The van der Waals surface area contributed by atoms with E-state index in [1.807, 2.05) is 0 Å². The summed E-state index contributed by atoms with van der Waals surface area (Å²) >= 11 is 0. The van der Waals surface area contributed by atoms with Gasteiger partial charge in [0.05, 0.1) is 6.42 Å². The Morgan fingerprint density at radius 3 is 2.58 bits per heavy atom. The van der Waals surface area contributed by atoms with Crippen LogP contribution in [-0.2, 0) is 9.59 Å². The van der Waals surface area contributed by atoms with E-state index < -0.39 is 5.97 Å². The van der Waals surface area contributed by atoms with Gasteiger partial charge in [-0.05, 0) is 37.3 Å². The average molecular weight is 270 g/mol. The fraction of sp³-hybridized carbons (Fsp3) is 0.857. The van der Waals surface area contributed by atoms with Gasteiger partial charge in [0.25, 0.3) is 0 Å². The van der Waals surface area contributed by atoms with Gasteiger partial charge in [0.15, 0.2) is 0 Å². The number of carbonyl (C=O) groups excluding carboxylic acids is 1. The van der Waals surface area contributed by atoms with Crippen LogP contribution in [0.5, 0.6) is 0 Å². The molecule has 1 fully saturated rings. The molecule has 0 saturated carbocycles. The van der Waals surface area contributed by atoms with E-state index in [1.165, 1.54) is 0 Å². The topological polar surface area (TPSA) is 78.4 Å². The average Bonchev–Trinajstić information content (AvgIpc) is 2.65. The Morgan fingerprint density at radius 2 is 2.11 bits per heavy atom. The van der Waals surface area contributed by atoms with Gasteiger partial charge < -0.3 is 15.7 Å². The van der Waals surface area contributed by atoms with Gasteiger partial charge in [-0.2, -0.15) is 0 Å². The van der Waals surface area contributed by atoms with Crippen molar-refractivity contribution >= 4 is 11.9 Å². The van der Waals surface area contributed by atoms with Gasteiger partial charge in [0, 0.05) is 12.5 Å². The van der Waals surface area contributed by atoms with E-state index in [0.29, 0.717) is 18.8 Å². The summed E-state index contributed by atoms with van der Waals surface area (Å²) in [5.74, 6) is -0.499. The standard InChI is InChI=1S/C14H26N2O3/c1-14(2,3)8-11(7-13(18)19)16-12(17)6-10-4-5-15-9-10/h10-11,15H,4-9H2,1-3H3,(H,16,17)(H,18,19). The number of aliphatic carboxylic acids is 1. The zero-order chi connectivity index (χ0) is 14.5. The van der Waals surface area contributed by atoms with Gasteiger partial charge in [-0.25, -0.2) is 0 Å². The predicted octanol–water partition coefficient (Wildman–Crippen LogP) is 1.38. The van der Waals surface area contributed by atoms with Crippen LogP contribution in [0.25, 0.3) is 0 Å². The Kier molecular flexibility index (Phi) is 5.79. The smallest absolute Gasteiger partial charge is 0.305 e. The molecule has 19 heavy (non-hydrogen) atoms. The molecule has 2 unspecified atom stereocenters. The molecule has 110 valence electrons. The van der Waals surface area contributed by atoms with Crippen molar-refractivity contribution in [3.8, 4) is 0 Å².